The highest BCUT2D eigenvalue weighted by Gasteiger charge is 2.34. The van der Waals surface area contributed by atoms with Crippen molar-refractivity contribution >= 4 is 22.9 Å². The van der Waals surface area contributed by atoms with E-state index in [2.05, 4.69) is 5.32 Å². The fraction of sp³-hybridized carbons (Fsp3) is 0.130. The molecule has 140 valence electrons. The summed E-state index contributed by atoms with van der Waals surface area (Å²) in [6.45, 7) is 0.0920. The van der Waals surface area contributed by atoms with Gasteiger partial charge in [-0.25, -0.2) is 0 Å². The lowest BCUT2D eigenvalue weighted by Gasteiger charge is -2.22. The SMILES string of the molecule is COc1ccc(Nc2ccc(CCO)cc2)c2c1C(=O)c1ccccc1C2=O. The topological polar surface area (TPSA) is 75.6 Å². The average molecular weight is 373 g/mol. The third-order valence-corrected chi connectivity index (χ3v) is 4.89. The maximum Gasteiger partial charge on any atom is 0.198 e. The van der Waals surface area contributed by atoms with Gasteiger partial charge in [-0.3, -0.25) is 9.59 Å². The summed E-state index contributed by atoms with van der Waals surface area (Å²) in [6, 6.07) is 17.9. The predicted molar refractivity (Wildman–Crippen MR) is 107 cm³/mol. The quantitative estimate of drug-likeness (QED) is 0.557. The summed E-state index contributed by atoms with van der Waals surface area (Å²) >= 11 is 0. The van der Waals surface area contributed by atoms with Crippen molar-refractivity contribution in [3.05, 3.63) is 88.5 Å². The standard InChI is InChI=1S/C23H19NO4/c1-28-19-11-10-18(24-15-8-6-14(7-9-15)12-13-25)20-21(19)23(27)17-5-3-2-4-16(17)22(20)26/h2-11,24-25H,12-13H2,1H3. The molecule has 0 bridgehead atoms. The Morgan fingerprint density at radius 2 is 1.50 bits per heavy atom. The van der Waals surface area contributed by atoms with Crippen LogP contribution in [-0.4, -0.2) is 30.4 Å². The Balaban J connectivity index is 1.80. The zero-order valence-electron chi connectivity index (χ0n) is 15.4. The number of ether oxygens (including phenoxy) is 1. The second-order valence-electron chi connectivity index (χ2n) is 6.56. The molecule has 0 radical (unpaired) electrons. The molecule has 0 saturated heterocycles. The molecule has 0 atom stereocenters. The lowest BCUT2D eigenvalue weighted by molar-refractivity contribution is 0.0977. The summed E-state index contributed by atoms with van der Waals surface area (Å²) in [5.41, 5.74) is 3.76. The molecule has 2 N–H and O–H groups in total. The van der Waals surface area contributed by atoms with E-state index < -0.39 is 0 Å². The van der Waals surface area contributed by atoms with E-state index in [9.17, 15) is 9.59 Å². The van der Waals surface area contributed by atoms with E-state index in [4.69, 9.17) is 9.84 Å². The van der Waals surface area contributed by atoms with E-state index in [1.165, 1.54) is 7.11 Å². The minimum Gasteiger partial charge on any atom is -0.496 e. The summed E-state index contributed by atoms with van der Waals surface area (Å²) in [6.07, 6.45) is 0.585. The molecule has 28 heavy (non-hydrogen) atoms. The zero-order valence-corrected chi connectivity index (χ0v) is 15.4. The van der Waals surface area contributed by atoms with Crippen LogP contribution in [-0.2, 0) is 6.42 Å². The van der Waals surface area contributed by atoms with Crippen molar-refractivity contribution < 1.29 is 19.4 Å². The van der Waals surface area contributed by atoms with Gasteiger partial charge in [0.15, 0.2) is 11.6 Å². The first-order valence-electron chi connectivity index (χ1n) is 9.00. The molecule has 1 aliphatic carbocycles. The first-order valence-corrected chi connectivity index (χ1v) is 9.00. The van der Waals surface area contributed by atoms with Crippen LogP contribution in [0.2, 0.25) is 0 Å². The monoisotopic (exact) mass is 373 g/mol. The fourth-order valence-corrected chi connectivity index (χ4v) is 3.51. The maximum absolute atomic E-state index is 13.2. The molecule has 0 saturated carbocycles. The molecule has 5 nitrogen and oxygen atoms in total. The van der Waals surface area contributed by atoms with Crippen LogP contribution in [0.5, 0.6) is 5.75 Å². The summed E-state index contributed by atoms with van der Waals surface area (Å²) in [5, 5.41) is 12.3. The number of hydrogen-bond donors (Lipinski definition) is 2. The van der Waals surface area contributed by atoms with Crippen molar-refractivity contribution in [2.45, 2.75) is 6.42 Å². The van der Waals surface area contributed by atoms with Gasteiger partial charge in [0.1, 0.15) is 5.75 Å². The van der Waals surface area contributed by atoms with Crippen LogP contribution in [0.4, 0.5) is 11.4 Å². The first kappa shape index (κ1) is 17.9. The number of hydrogen-bond acceptors (Lipinski definition) is 5. The van der Waals surface area contributed by atoms with E-state index >= 15 is 0 Å². The summed E-state index contributed by atoms with van der Waals surface area (Å²) in [5.74, 6) is -0.0424. The number of aliphatic hydroxyl groups is 1. The molecular formula is C23H19NO4. The maximum atomic E-state index is 13.2. The summed E-state index contributed by atoms with van der Waals surface area (Å²) in [4.78, 5) is 26.3. The van der Waals surface area contributed by atoms with E-state index in [0.717, 1.165) is 11.3 Å². The average Bonchev–Trinajstić information content (AvgIpc) is 2.73. The molecule has 0 amide bonds. The Kier molecular flexibility index (Phi) is 4.67. The molecule has 0 aliphatic heterocycles. The van der Waals surface area contributed by atoms with Crippen LogP contribution in [0.3, 0.4) is 0 Å². The highest BCUT2D eigenvalue weighted by molar-refractivity contribution is 6.31. The molecule has 0 fully saturated rings. The number of benzene rings is 3. The third kappa shape index (κ3) is 2.96. The van der Waals surface area contributed by atoms with Gasteiger partial charge < -0.3 is 15.2 Å². The van der Waals surface area contributed by atoms with Crippen molar-refractivity contribution in [1.29, 1.82) is 0 Å². The fourth-order valence-electron chi connectivity index (χ4n) is 3.51. The molecule has 5 heteroatoms. The second kappa shape index (κ2) is 7.29. The van der Waals surface area contributed by atoms with Gasteiger partial charge >= 0.3 is 0 Å². The Morgan fingerprint density at radius 3 is 2.11 bits per heavy atom. The number of aliphatic hydroxyl groups excluding tert-OH is 1. The summed E-state index contributed by atoms with van der Waals surface area (Å²) in [7, 11) is 1.49. The van der Waals surface area contributed by atoms with Crippen LogP contribution in [0, 0.1) is 0 Å². The van der Waals surface area contributed by atoms with Crippen LogP contribution in [0.25, 0.3) is 0 Å². The number of rotatable bonds is 5. The highest BCUT2D eigenvalue weighted by atomic mass is 16.5. The van der Waals surface area contributed by atoms with Crippen molar-refractivity contribution in [3.63, 3.8) is 0 Å². The molecule has 0 unspecified atom stereocenters. The van der Waals surface area contributed by atoms with Crippen LogP contribution >= 0.6 is 0 Å². The number of ketones is 2. The van der Waals surface area contributed by atoms with Crippen molar-refractivity contribution in [2.24, 2.45) is 0 Å². The van der Waals surface area contributed by atoms with Gasteiger partial charge in [0.2, 0.25) is 0 Å². The van der Waals surface area contributed by atoms with Crippen LogP contribution in [0.1, 0.15) is 37.4 Å². The van der Waals surface area contributed by atoms with Crippen molar-refractivity contribution in [3.8, 4) is 5.75 Å². The Morgan fingerprint density at radius 1 is 0.857 bits per heavy atom. The molecule has 3 aromatic rings. The number of anilines is 2. The van der Waals surface area contributed by atoms with Gasteiger partial charge in [0.25, 0.3) is 0 Å². The number of carbonyl (C=O) groups is 2. The van der Waals surface area contributed by atoms with Crippen LogP contribution < -0.4 is 10.1 Å². The van der Waals surface area contributed by atoms with E-state index in [0.29, 0.717) is 34.5 Å². The molecule has 4 rings (SSSR count). The van der Waals surface area contributed by atoms with Crippen LogP contribution in [0.15, 0.2) is 60.7 Å². The largest absolute Gasteiger partial charge is 0.496 e. The molecule has 0 heterocycles. The number of nitrogens with one attached hydrogen (secondary N) is 1. The minimum absolute atomic E-state index is 0.0920. The van der Waals surface area contributed by atoms with Gasteiger partial charge in [0, 0.05) is 23.4 Å². The Hall–Kier alpha value is -3.44. The van der Waals surface area contributed by atoms with Gasteiger partial charge in [-0.2, -0.15) is 0 Å². The predicted octanol–water partition coefficient (Wildman–Crippen LogP) is 3.75. The van der Waals surface area contributed by atoms with E-state index in [1.54, 1.807) is 36.4 Å². The Labute approximate surface area is 162 Å². The molecule has 0 spiro atoms. The third-order valence-electron chi connectivity index (χ3n) is 4.89. The molecular weight excluding hydrogens is 354 g/mol. The normalized spacial score (nSPS) is 12.4. The first-order chi connectivity index (χ1) is 13.6. The van der Waals surface area contributed by atoms with Gasteiger partial charge in [-0.15, -0.1) is 0 Å². The van der Waals surface area contributed by atoms with E-state index in [1.807, 2.05) is 24.3 Å². The Bertz CT molecular complexity index is 1070. The second-order valence-corrected chi connectivity index (χ2v) is 6.56. The number of fused-ring (bicyclic) bond motifs is 2. The molecule has 3 aromatic carbocycles. The van der Waals surface area contributed by atoms with Gasteiger partial charge in [0.05, 0.1) is 23.9 Å². The summed E-state index contributed by atoms with van der Waals surface area (Å²) < 4.78 is 5.37. The van der Waals surface area contributed by atoms with Crippen molar-refractivity contribution in [2.75, 3.05) is 19.0 Å². The van der Waals surface area contributed by atoms with Crippen molar-refractivity contribution in [1.82, 2.24) is 0 Å². The lowest BCUT2D eigenvalue weighted by atomic mass is 9.82. The van der Waals surface area contributed by atoms with Gasteiger partial charge in [-0.05, 0) is 36.2 Å². The van der Waals surface area contributed by atoms with Gasteiger partial charge in [-0.1, -0.05) is 36.4 Å². The molecule has 1 aliphatic rings. The highest BCUT2D eigenvalue weighted by Crippen LogP contribution is 2.38. The van der Waals surface area contributed by atoms with E-state index in [-0.39, 0.29) is 23.7 Å². The smallest absolute Gasteiger partial charge is 0.198 e. The minimum atomic E-state index is -0.219. The number of methoxy groups -OCH3 is 1. The lowest BCUT2D eigenvalue weighted by Crippen LogP contribution is -2.23. The number of carbonyl (C=O) groups excluding carboxylic acids is 2. The zero-order chi connectivity index (χ0) is 19.7. The molecule has 0 aromatic heterocycles.